The van der Waals surface area contributed by atoms with E-state index in [-0.39, 0.29) is 11.8 Å². The summed E-state index contributed by atoms with van der Waals surface area (Å²) in [6.45, 7) is 0. The lowest BCUT2D eigenvalue weighted by Crippen LogP contribution is -2.36. The maximum atomic E-state index is 9.28. The molecule has 1 fully saturated rings. The normalized spacial score (nSPS) is 26.0. The van der Waals surface area contributed by atoms with Crippen LogP contribution in [0.2, 0.25) is 0 Å². The minimum Gasteiger partial charge on any atom is -0.494 e. The number of nitrogens with zero attached hydrogens (tertiary/aromatic N) is 2. The van der Waals surface area contributed by atoms with Crippen LogP contribution >= 0.6 is 0 Å². The molecule has 2 heterocycles. The van der Waals surface area contributed by atoms with Crippen LogP contribution in [-0.4, -0.2) is 20.4 Å². The first-order valence-electron chi connectivity index (χ1n) is 6.88. The van der Waals surface area contributed by atoms with Crippen molar-refractivity contribution in [3.8, 4) is 5.88 Å². The molecular weight excluding hydrogens is 256 g/mol. The molecule has 0 aromatic carbocycles. The fourth-order valence-electron chi connectivity index (χ4n) is 2.92. The highest BCUT2D eigenvalue weighted by Crippen LogP contribution is 2.38. The van der Waals surface area contributed by atoms with Gasteiger partial charge in [-0.3, -0.25) is 5.43 Å². The molecular formula is C14H18N4O2. The second kappa shape index (κ2) is 5.40. The molecule has 20 heavy (non-hydrogen) atoms. The largest absolute Gasteiger partial charge is 0.494 e. The summed E-state index contributed by atoms with van der Waals surface area (Å²) in [7, 11) is 0. The minimum atomic E-state index is -0.0393. The zero-order chi connectivity index (χ0) is 13.9. The zero-order valence-corrected chi connectivity index (χ0v) is 11.1. The number of aliphatic hydroxyl groups excluding tert-OH is 1. The Kier molecular flexibility index (Phi) is 3.45. The van der Waals surface area contributed by atoms with Gasteiger partial charge in [0, 0.05) is 29.7 Å². The molecule has 0 radical (unpaired) electrons. The van der Waals surface area contributed by atoms with Crippen LogP contribution in [0.1, 0.15) is 37.3 Å². The number of allylic oxidation sites excluding steroid dienone is 3. The predicted molar refractivity (Wildman–Crippen MR) is 73.5 cm³/mol. The van der Waals surface area contributed by atoms with E-state index in [2.05, 4.69) is 21.0 Å². The lowest BCUT2D eigenvalue weighted by molar-refractivity contribution is 0.306. The summed E-state index contributed by atoms with van der Waals surface area (Å²) in [6, 6.07) is 3.44. The van der Waals surface area contributed by atoms with Crippen LogP contribution in [0.5, 0.6) is 5.88 Å². The molecule has 2 unspecified atom stereocenters. The molecule has 0 spiro atoms. The van der Waals surface area contributed by atoms with Crippen LogP contribution in [0.4, 0.5) is 0 Å². The van der Waals surface area contributed by atoms with E-state index in [0.717, 1.165) is 37.1 Å². The number of rotatable bonds is 2. The van der Waals surface area contributed by atoms with Gasteiger partial charge in [-0.2, -0.15) is 5.10 Å². The van der Waals surface area contributed by atoms with Crippen molar-refractivity contribution in [1.82, 2.24) is 21.0 Å². The van der Waals surface area contributed by atoms with Gasteiger partial charge in [0.15, 0.2) is 0 Å². The summed E-state index contributed by atoms with van der Waals surface area (Å²) in [6.07, 6.45) is 7.92. The van der Waals surface area contributed by atoms with E-state index >= 15 is 0 Å². The third-order valence-corrected chi connectivity index (χ3v) is 3.96. The van der Waals surface area contributed by atoms with Crippen LogP contribution in [0.3, 0.4) is 0 Å². The molecule has 1 aromatic heterocycles. The molecule has 1 saturated carbocycles. The minimum absolute atomic E-state index is 0.0393. The Balaban J connectivity index is 1.72. The van der Waals surface area contributed by atoms with Crippen LogP contribution in [0.25, 0.3) is 0 Å². The van der Waals surface area contributed by atoms with Crippen molar-refractivity contribution >= 4 is 0 Å². The monoisotopic (exact) mass is 274 g/mol. The molecule has 6 heteroatoms. The van der Waals surface area contributed by atoms with E-state index in [9.17, 15) is 10.2 Å². The van der Waals surface area contributed by atoms with Crippen LogP contribution in [0.15, 0.2) is 35.9 Å². The quantitative estimate of drug-likeness (QED) is 0.658. The van der Waals surface area contributed by atoms with Crippen molar-refractivity contribution in [1.29, 1.82) is 0 Å². The number of hydrogen-bond donors (Lipinski definition) is 4. The Morgan fingerprint density at radius 2 is 1.85 bits per heavy atom. The average Bonchev–Trinajstić information content (AvgIpc) is 2.49. The van der Waals surface area contributed by atoms with Gasteiger partial charge >= 0.3 is 0 Å². The standard InChI is InChI=1S/C14H18N4O2/c19-13-6-4-11(15-17-13)9-2-1-3-10(8-9)12-5-7-14(20)18-16-12/h4-7,9-10,15,17,19H,1-3,8H2,(H,18,20). The van der Waals surface area contributed by atoms with Gasteiger partial charge < -0.3 is 15.6 Å². The third-order valence-electron chi connectivity index (χ3n) is 3.96. The van der Waals surface area contributed by atoms with Crippen molar-refractivity contribution in [2.24, 2.45) is 5.92 Å². The zero-order valence-electron chi connectivity index (χ0n) is 11.1. The Morgan fingerprint density at radius 1 is 1.00 bits per heavy atom. The number of aromatic hydroxyl groups is 1. The summed E-state index contributed by atoms with van der Waals surface area (Å²) < 4.78 is 0. The van der Waals surface area contributed by atoms with Gasteiger partial charge in [0.2, 0.25) is 11.8 Å². The first kappa shape index (κ1) is 12.8. The van der Waals surface area contributed by atoms with Crippen molar-refractivity contribution in [2.75, 3.05) is 0 Å². The predicted octanol–water partition coefficient (Wildman–Crippen LogP) is 1.85. The van der Waals surface area contributed by atoms with Gasteiger partial charge in [-0.25, -0.2) is 0 Å². The molecule has 106 valence electrons. The molecule has 1 aromatic rings. The number of hydrogen-bond acceptors (Lipinski definition) is 6. The van der Waals surface area contributed by atoms with Crippen molar-refractivity contribution in [2.45, 2.75) is 31.6 Å². The Morgan fingerprint density at radius 3 is 2.55 bits per heavy atom. The van der Waals surface area contributed by atoms with Crippen molar-refractivity contribution < 1.29 is 10.2 Å². The summed E-state index contributed by atoms with van der Waals surface area (Å²) in [5.41, 5.74) is 7.80. The molecule has 0 amide bonds. The van der Waals surface area contributed by atoms with Crippen LogP contribution < -0.4 is 10.9 Å². The van der Waals surface area contributed by atoms with Gasteiger partial charge in [-0.15, -0.1) is 5.10 Å². The molecule has 4 N–H and O–H groups in total. The summed E-state index contributed by atoms with van der Waals surface area (Å²) in [5, 5.41) is 26.3. The summed E-state index contributed by atoms with van der Waals surface area (Å²) in [5.74, 6) is 0.873. The fraction of sp³-hybridized carbons (Fsp3) is 0.429. The number of nitrogens with one attached hydrogen (secondary N) is 2. The second-order valence-corrected chi connectivity index (χ2v) is 5.30. The van der Waals surface area contributed by atoms with Crippen LogP contribution in [0, 0.1) is 5.92 Å². The lowest BCUT2D eigenvalue weighted by atomic mass is 9.78. The van der Waals surface area contributed by atoms with Gasteiger partial charge in [0.25, 0.3) is 0 Å². The molecule has 6 nitrogen and oxygen atoms in total. The first-order valence-corrected chi connectivity index (χ1v) is 6.88. The van der Waals surface area contributed by atoms with Crippen LogP contribution in [-0.2, 0) is 0 Å². The highest BCUT2D eigenvalue weighted by molar-refractivity contribution is 5.21. The highest BCUT2D eigenvalue weighted by atomic mass is 16.3. The maximum absolute atomic E-state index is 9.28. The topological polar surface area (TPSA) is 90.3 Å². The fourth-order valence-corrected chi connectivity index (χ4v) is 2.92. The highest BCUT2D eigenvalue weighted by Gasteiger charge is 2.27. The maximum Gasteiger partial charge on any atom is 0.230 e. The average molecular weight is 274 g/mol. The molecule has 2 aliphatic rings. The number of aliphatic hydroxyl groups is 1. The van der Waals surface area contributed by atoms with Crippen molar-refractivity contribution in [3.05, 3.63) is 41.6 Å². The Hall–Kier alpha value is -2.24. The van der Waals surface area contributed by atoms with E-state index in [0.29, 0.717) is 11.8 Å². The molecule has 1 aliphatic heterocycles. The lowest BCUT2D eigenvalue weighted by Gasteiger charge is -2.31. The van der Waals surface area contributed by atoms with Gasteiger partial charge in [0.05, 0.1) is 5.69 Å². The van der Waals surface area contributed by atoms with E-state index in [1.54, 1.807) is 12.1 Å². The van der Waals surface area contributed by atoms with E-state index in [1.807, 2.05) is 12.1 Å². The number of aromatic nitrogens is 2. The molecule has 0 bridgehead atoms. The first-order chi connectivity index (χ1) is 9.72. The van der Waals surface area contributed by atoms with E-state index in [1.165, 1.54) is 0 Å². The SMILES string of the molecule is OC1=CC=C(C2CCCC(c3ccc(O)nn3)C2)NN1. The smallest absolute Gasteiger partial charge is 0.230 e. The molecule has 0 saturated heterocycles. The summed E-state index contributed by atoms with van der Waals surface area (Å²) >= 11 is 0. The second-order valence-electron chi connectivity index (χ2n) is 5.30. The van der Waals surface area contributed by atoms with E-state index < -0.39 is 0 Å². The van der Waals surface area contributed by atoms with Gasteiger partial charge in [-0.1, -0.05) is 6.42 Å². The molecule has 1 aliphatic carbocycles. The molecule has 3 rings (SSSR count). The third kappa shape index (κ3) is 2.68. The van der Waals surface area contributed by atoms with E-state index in [4.69, 9.17) is 0 Å². The Labute approximate surface area is 117 Å². The molecule has 2 atom stereocenters. The van der Waals surface area contributed by atoms with Gasteiger partial charge in [-0.05, 0) is 31.4 Å². The summed E-state index contributed by atoms with van der Waals surface area (Å²) in [4.78, 5) is 0. The van der Waals surface area contributed by atoms with Gasteiger partial charge in [0.1, 0.15) is 0 Å². The van der Waals surface area contributed by atoms with Crippen molar-refractivity contribution in [3.63, 3.8) is 0 Å². The number of hydrazine groups is 1. The Bertz CT molecular complexity index is 539.